The molecule has 0 aliphatic rings. The fourth-order valence-electron chi connectivity index (χ4n) is 1.83. The molecule has 1 amide bonds. The van der Waals surface area contributed by atoms with Crippen molar-refractivity contribution in [2.24, 2.45) is 4.99 Å². The van der Waals surface area contributed by atoms with Gasteiger partial charge in [-0.3, -0.25) is 9.79 Å². The maximum absolute atomic E-state index is 11.6. The van der Waals surface area contributed by atoms with Gasteiger partial charge in [0.05, 0.1) is 6.54 Å². The number of benzene rings is 1. The van der Waals surface area contributed by atoms with E-state index < -0.39 is 0 Å². The van der Waals surface area contributed by atoms with Crippen molar-refractivity contribution < 1.29 is 9.53 Å². The van der Waals surface area contributed by atoms with Crippen molar-refractivity contribution in [3.8, 4) is 5.75 Å². The summed E-state index contributed by atoms with van der Waals surface area (Å²) in [4.78, 5) is 15.7. The molecule has 0 aliphatic heterocycles. The molecule has 0 radical (unpaired) electrons. The van der Waals surface area contributed by atoms with E-state index in [-0.39, 0.29) is 36.4 Å². The van der Waals surface area contributed by atoms with Gasteiger partial charge in [-0.05, 0) is 12.5 Å². The fourth-order valence-corrected chi connectivity index (χ4v) is 1.83. The van der Waals surface area contributed by atoms with Crippen LogP contribution < -0.4 is 20.7 Å². The van der Waals surface area contributed by atoms with Crippen LogP contribution in [-0.4, -0.2) is 38.6 Å². The largest absolute Gasteiger partial charge is 0.489 e. The number of halogens is 1. The number of ether oxygens (including phenoxy) is 1. The monoisotopic (exact) mass is 446 g/mol. The molecule has 24 heavy (non-hydrogen) atoms. The van der Waals surface area contributed by atoms with E-state index in [4.69, 9.17) is 4.74 Å². The van der Waals surface area contributed by atoms with Gasteiger partial charge >= 0.3 is 0 Å². The van der Waals surface area contributed by atoms with Crippen LogP contribution in [-0.2, 0) is 11.3 Å². The molecule has 0 heterocycles. The summed E-state index contributed by atoms with van der Waals surface area (Å²) >= 11 is 0. The summed E-state index contributed by atoms with van der Waals surface area (Å²) in [6.07, 6.45) is 2.62. The number of hydrogen-bond donors (Lipinski definition) is 3. The summed E-state index contributed by atoms with van der Waals surface area (Å²) < 4.78 is 5.61. The first kappa shape index (κ1) is 22.2. The summed E-state index contributed by atoms with van der Waals surface area (Å²) in [6.45, 7) is 7.54. The molecule has 0 atom stereocenters. The molecule has 7 heteroatoms. The zero-order chi connectivity index (χ0) is 16.9. The maximum atomic E-state index is 11.6. The van der Waals surface area contributed by atoms with E-state index in [1.54, 1.807) is 13.1 Å². The summed E-state index contributed by atoms with van der Waals surface area (Å²) in [7, 11) is 1.67. The van der Waals surface area contributed by atoms with Crippen LogP contribution >= 0.6 is 24.0 Å². The van der Waals surface area contributed by atoms with Gasteiger partial charge in [0.15, 0.2) is 5.96 Å². The third-order valence-electron chi connectivity index (χ3n) is 2.99. The molecule has 0 aromatic heterocycles. The van der Waals surface area contributed by atoms with Crippen LogP contribution in [0.2, 0.25) is 0 Å². The van der Waals surface area contributed by atoms with E-state index >= 15 is 0 Å². The lowest BCUT2D eigenvalue weighted by Gasteiger charge is -2.14. The van der Waals surface area contributed by atoms with Crippen molar-refractivity contribution in [3.05, 3.63) is 42.5 Å². The quantitative estimate of drug-likeness (QED) is 0.235. The second-order valence-corrected chi connectivity index (χ2v) is 4.84. The zero-order valence-electron chi connectivity index (χ0n) is 14.3. The third-order valence-corrected chi connectivity index (χ3v) is 2.99. The number of nitrogens with one attached hydrogen (secondary N) is 3. The number of rotatable bonds is 9. The van der Waals surface area contributed by atoms with Crippen molar-refractivity contribution in [2.45, 2.75) is 19.9 Å². The van der Waals surface area contributed by atoms with Gasteiger partial charge in [-0.1, -0.05) is 37.8 Å². The molecule has 6 nitrogen and oxygen atoms in total. The summed E-state index contributed by atoms with van der Waals surface area (Å²) in [5, 5.41) is 8.95. The lowest BCUT2D eigenvalue weighted by molar-refractivity contribution is -0.120. The Morgan fingerprint density at radius 3 is 2.71 bits per heavy atom. The van der Waals surface area contributed by atoms with E-state index in [9.17, 15) is 4.79 Å². The zero-order valence-corrected chi connectivity index (χ0v) is 16.6. The molecule has 3 N–H and O–H groups in total. The van der Waals surface area contributed by atoms with Gasteiger partial charge in [-0.25, -0.2) is 0 Å². The molecule has 0 fully saturated rings. The Morgan fingerprint density at radius 1 is 1.29 bits per heavy atom. The van der Waals surface area contributed by atoms with Crippen LogP contribution in [0, 0.1) is 0 Å². The Labute approximate surface area is 161 Å². The number of amides is 1. The first-order chi connectivity index (χ1) is 11.2. The minimum Gasteiger partial charge on any atom is -0.489 e. The second kappa shape index (κ2) is 13.6. The minimum atomic E-state index is -0.0514. The average Bonchev–Trinajstić information content (AvgIpc) is 2.59. The lowest BCUT2D eigenvalue weighted by atomic mass is 10.2. The number of hydrogen-bond acceptors (Lipinski definition) is 3. The third kappa shape index (κ3) is 8.76. The molecule has 1 aromatic rings. The number of guanidine groups is 1. The Morgan fingerprint density at radius 2 is 2.04 bits per heavy atom. The van der Waals surface area contributed by atoms with Crippen LogP contribution in [0.3, 0.4) is 0 Å². The molecule has 1 rings (SSSR count). The van der Waals surface area contributed by atoms with Crippen LogP contribution in [0.1, 0.15) is 18.9 Å². The number of para-hydroxylation sites is 1. The van der Waals surface area contributed by atoms with Gasteiger partial charge in [-0.15, -0.1) is 24.0 Å². The normalized spacial score (nSPS) is 10.3. The number of aliphatic imine (C=N–C) groups is 1. The van der Waals surface area contributed by atoms with Crippen LogP contribution in [0.25, 0.3) is 0 Å². The standard InChI is InChI=1S/C17H26N4O2.HI/c1-4-10-19-16(22)13-21-17(18-3)20-12-14-8-6-7-9-15(14)23-11-5-2;/h5-9H,2,4,10-13H2,1,3H3,(H,19,22)(H2,18,20,21);1H. The van der Waals surface area contributed by atoms with E-state index in [1.165, 1.54) is 0 Å². The Kier molecular flexibility index (Phi) is 12.6. The van der Waals surface area contributed by atoms with Gasteiger partial charge in [0.1, 0.15) is 12.4 Å². The molecular weight excluding hydrogens is 419 g/mol. The highest BCUT2D eigenvalue weighted by Crippen LogP contribution is 2.17. The highest BCUT2D eigenvalue weighted by atomic mass is 127. The molecule has 134 valence electrons. The van der Waals surface area contributed by atoms with Gasteiger partial charge in [-0.2, -0.15) is 0 Å². The van der Waals surface area contributed by atoms with Crippen molar-refractivity contribution in [2.75, 3.05) is 26.7 Å². The van der Waals surface area contributed by atoms with Crippen LogP contribution in [0.4, 0.5) is 0 Å². The molecule has 0 saturated heterocycles. The minimum absolute atomic E-state index is 0. The average molecular weight is 446 g/mol. The maximum Gasteiger partial charge on any atom is 0.239 e. The lowest BCUT2D eigenvalue weighted by Crippen LogP contribution is -2.43. The van der Waals surface area contributed by atoms with Gasteiger partial charge in [0, 0.05) is 25.7 Å². The van der Waals surface area contributed by atoms with Crippen molar-refractivity contribution in [3.63, 3.8) is 0 Å². The number of carbonyl (C=O) groups excluding carboxylic acids is 1. The summed E-state index contributed by atoms with van der Waals surface area (Å²) in [5.41, 5.74) is 1.01. The van der Waals surface area contributed by atoms with Crippen LogP contribution in [0.15, 0.2) is 41.9 Å². The van der Waals surface area contributed by atoms with Crippen molar-refractivity contribution in [1.29, 1.82) is 0 Å². The fraction of sp³-hybridized carbons (Fsp3) is 0.412. The highest BCUT2D eigenvalue weighted by Gasteiger charge is 2.05. The SMILES string of the molecule is C=CCOc1ccccc1CNC(=NC)NCC(=O)NCCC.I. The predicted molar refractivity (Wildman–Crippen MR) is 109 cm³/mol. The number of carbonyl (C=O) groups is 1. The van der Waals surface area contributed by atoms with E-state index in [2.05, 4.69) is 27.5 Å². The highest BCUT2D eigenvalue weighted by molar-refractivity contribution is 14.0. The van der Waals surface area contributed by atoms with E-state index in [0.29, 0.717) is 25.7 Å². The molecule has 1 aromatic carbocycles. The molecule has 0 spiro atoms. The Balaban J connectivity index is 0.00000529. The van der Waals surface area contributed by atoms with E-state index in [0.717, 1.165) is 17.7 Å². The molecule has 0 unspecified atom stereocenters. The molecule has 0 aliphatic carbocycles. The first-order valence-corrected chi connectivity index (χ1v) is 7.74. The second-order valence-electron chi connectivity index (χ2n) is 4.84. The van der Waals surface area contributed by atoms with Gasteiger partial charge in [0.25, 0.3) is 0 Å². The number of nitrogens with zero attached hydrogens (tertiary/aromatic N) is 1. The van der Waals surface area contributed by atoms with Crippen LogP contribution in [0.5, 0.6) is 5.75 Å². The molecular formula is C17H27IN4O2. The van der Waals surface area contributed by atoms with Crippen molar-refractivity contribution in [1.82, 2.24) is 16.0 Å². The summed E-state index contributed by atoms with van der Waals surface area (Å²) in [6, 6.07) is 7.76. The summed E-state index contributed by atoms with van der Waals surface area (Å²) in [5.74, 6) is 1.32. The Hall–Kier alpha value is -1.77. The first-order valence-electron chi connectivity index (χ1n) is 7.74. The predicted octanol–water partition coefficient (Wildman–Crippen LogP) is 2.06. The molecule has 0 saturated carbocycles. The van der Waals surface area contributed by atoms with Crippen molar-refractivity contribution >= 4 is 35.8 Å². The topological polar surface area (TPSA) is 74.8 Å². The van der Waals surface area contributed by atoms with Gasteiger partial charge in [0.2, 0.25) is 5.91 Å². The Bertz CT molecular complexity index is 535. The smallest absolute Gasteiger partial charge is 0.239 e. The van der Waals surface area contributed by atoms with E-state index in [1.807, 2.05) is 31.2 Å². The van der Waals surface area contributed by atoms with Gasteiger partial charge < -0.3 is 20.7 Å². The molecule has 0 bridgehead atoms.